The van der Waals surface area contributed by atoms with Crippen molar-refractivity contribution in [3.63, 3.8) is 0 Å². The van der Waals surface area contributed by atoms with Crippen molar-refractivity contribution >= 4 is 34.8 Å². The van der Waals surface area contributed by atoms with Crippen LogP contribution in [0.4, 0.5) is 20.3 Å². The maximum Gasteiger partial charge on any atom is 0.194 e. The Hall–Kier alpha value is -3.41. The van der Waals surface area contributed by atoms with Crippen molar-refractivity contribution in [1.29, 1.82) is 0 Å². The lowest BCUT2D eigenvalue weighted by atomic mass is 10.0. The second kappa shape index (κ2) is 13.3. The first-order valence-corrected chi connectivity index (χ1v) is 15.2. The molecule has 2 atom stereocenters. The van der Waals surface area contributed by atoms with E-state index in [0.717, 1.165) is 55.9 Å². The molecule has 8 nitrogen and oxygen atoms in total. The zero-order valence-corrected chi connectivity index (χ0v) is 25.1. The van der Waals surface area contributed by atoms with Gasteiger partial charge >= 0.3 is 0 Å². The third kappa shape index (κ3) is 6.79. The van der Waals surface area contributed by atoms with Crippen molar-refractivity contribution in [2.75, 3.05) is 50.2 Å². The Morgan fingerprint density at radius 3 is 2.86 bits per heavy atom. The number of fused-ring (bicyclic) bond motifs is 1. The van der Waals surface area contributed by atoms with Crippen molar-refractivity contribution < 1.29 is 13.5 Å². The molecule has 2 aromatic heterocycles. The van der Waals surface area contributed by atoms with E-state index in [9.17, 15) is 13.6 Å². The molecule has 0 aliphatic carbocycles. The number of methoxy groups -OCH3 is 1. The summed E-state index contributed by atoms with van der Waals surface area (Å²) in [4.78, 5) is 24.8. The van der Waals surface area contributed by atoms with Gasteiger partial charge < -0.3 is 24.8 Å². The first-order chi connectivity index (χ1) is 20.2. The molecular weight excluding hydrogens is 558 g/mol. The largest absolute Gasteiger partial charge is 0.384 e. The number of nitrogens with two attached hydrogens (primary N) is 1. The molecule has 0 spiro atoms. The molecular formula is C31H38F2N6O2S. The number of aryl methyl sites for hydroxylation is 1. The first kappa shape index (κ1) is 30.1. The molecule has 3 aliphatic heterocycles. The average Bonchev–Trinajstić information content (AvgIpc) is 3.00. The van der Waals surface area contributed by atoms with E-state index in [2.05, 4.69) is 26.9 Å². The Kier molecular flexibility index (Phi) is 9.50. The average molecular weight is 597 g/mol. The Balaban J connectivity index is 1.53. The molecule has 0 radical (unpaired) electrons. The molecule has 1 saturated heterocycles. The molecule has 2 unspecified atom stereocenters. The molecule has 2 aromatic rings. The SMILES string of the molecule is COC1C=C(CN(Cc2cn3c(/c(=C\C(F)=C(/C)F)c2=O)=CSCC3)C2CCCN(c3ccc(N)nc3)C2)C=CN1C. The van der Waals surface area contributed by atoms with Gasteiger partial charge in [-0.05, 0) is 61.1 Å². The lowest BCUT2D eigenvalue weighted by Crippen LogP contribution is -2.51. The van der Waals surface area contributed by atoms with Crippen LogP contribution in [0.15, 0.2) is 64.9 Å². The molecule has 1 fully saturated rings. The summed E-state index contributed by atoms with van der Waals surface area (Å²) in [6.07, 6.45) is 12.6. The van der Waals surface area contributed by atoms with Gasteiger partial charge in [0.2, 0.25) is 0 Å². The van der Waals surface area contributed by atoms with Gasteiger partial charge in [-0.25, -0.2) is 13.8 Å². The number of allylic oxidation sites excluding steroid dienone is 2. The zero-order chi connectivity index (χ0) is 29.8. The van der Waals surface area contributed by atoms with Crippen molar-refractivity contribution in [3.05, 3.63) is 86.5 Å². The number of hydrogen-bond acceptors (Lipinski definition) is 8. The molecule has 5 heterocycles. The lowest BCUT2D eigenvalue weighted by molar-refractivity contribution is 0.0432. The van der Waals surface area contributed by atoms with Crippen LogP contribution in [0, 0.1) is 0 Å². The molecule has 0 bridgehead atoms. The number of likely N-dealkylation sites (N-methyl/N-ethyl adjacent to an activating group) is 1. The highest BCUT2D eigenvalue weighted by molar-refractivity contribution is 8.06. The standard InChI is InChI=1S/C31H38F2N6O2S/c1-21(32)27(33)14-26-28-20-42-12-11-38(28)17-23(31(26)40)18-39(16-22-8-10-36(2)30(13-22)41-3)25-5-4-9-37(19-25)24-6-7-29(34)35-15-24/h6-8,10,13-15,17,20,25,30H,4-5,9,11-12,16,18-19H2,1-3H3,(H2,34,35)/b26-14+,27-21-. The van der Waals surface area contributed by atoms with Crippen molar-refractivity contribution in [2.45, 2.75) is 45.1 Å². The molecule has 0 saturated carbocycles. The van der Waals surface area contributed by atoms with E-state index in [1.165, 1.54) is 0 Å². The summed E-state index contributed by atoms with van der Waals surface area (Å²) in [7, 11) is 3.64. The number of nitrogen functional groups attached to an aromatic ring is 1. The van der Waals surface area contributed by atoms with Crippen LogP contribution in [0.25, 0.3) is 11.5 Å². The summed E-state index contributed by atoms with van der Waals surface area (Å²) < 4.78 is 35.9. The highest BCUT2D eigenvalue weighted by atomic mass is 32.2. The third-order valence-corrected chi connectivity index (χ3v) is 8.82. The van der Waals surface area contributed by atoms with E-state index in [0.29, 0.717) is 36.4 Å². The van der Waals surface area contributed by atoms with Crippen molar-refractivity contribution in [2.24, 2.45) is 0 Å². The number of thioether (sulfide) groups is 1. The Morgan fingerprint density at radius 2 is 2.12 bits per heavy atom. The minimum absolute atomic E-state index is 0.131. The van der Waals surface area contributed by atoms with Gasteiger partial charge in [0.05, 0.1) is 17.2 Å². The van der Waals surface area contributed by atoms with E-state index in [-0.39, 0.29) is 22.9 Å². The molecule has 0 amide bonds. The number of rotatable bonds is 8. The highest BCUT2D eigenvalue weighted by Gasteiger charge is 2.28. The van der Waals surface area contributed by atoms with Gasteiger partial charge in [0, 0.05) is 81.9 Å². The number of pyridine rings is 2. The molecule has 224 valence electrons. The van der Waals surface area contributed by atoms with Gasteiger partial charge in [-0.1, -0.05) is 0 Å². The van der Waals surface area contributed by atoms with Crippen molar-refractivity contribution in [1.82, 2.24) is 19.4 Å². The van der Waals surface area contributed by atoms with Crippen LogP contribution in [-0.4, -0.2) is 71.2 Å². The van der Waals surface area contributed by atoms with Gasteiger partial charge in [0.15, 0.2) is 11.3 Å². The van der Waals surface area contributed by atoms with E-state index < -0.39 is 11.7 Å². The summed E-state index contributed by atoms with van der Waals surface area (Å²) >= 11 is 1.57. The van der Waals surface area contributed by atoms with Gasteiger partial charge in [-0.15, -0.1) is 11.8 Å². The van der Waals surface area contributed by atoms with Gasteiger partial charge in [0.25, 0.3) is 0 Å². The molecule has 42 heavy (non-hydrogen) atoms. The smallest absolute Gasteiger partial charge is 0.194 e. The molecule has 2 N–H and O–H groups in total. The number of piperidine rings is 1. The number of anilines is 2. The number of aromatic nitrogens is 2. The van der Waals surface area contributed by atoms with Crippen LogP contribution in [0.3, 0.4) is 0 Å². The topological polar surface area (TPSA) is 79.9 Å². The fraction of sp³-hybridized carbons (Fsp3) is 0.419. The van der Waals surface area contributed by atoms with Crippen LogP contribution >= 0.6 is 11.8 Å². The number of ether oxygens (including phenoxy) is 1. The normalized spacial score (nSPS) is 21.7. The van der Waals surface area contributed by atoms with Crippen LogP contribution in [0.5, 0.6) is 0 Å². The zero-order valence-electron chi connectivity index (χ0n) is 24.3. The predicted molar refractivity (Wildman–Crippen MR) is 166 cm³/mol. The summed E-state index contributed by atoms with van der Waals surface area (Å²) in [5, 5.41) is 2.66. The lowest BCUT2D eigenvalue weighted by Gasteiger charge is -2.41. The number of nitrogens with zero attached hydrogens (tertiary/aromatic N) is 5. The highest BCUT2D eigenvalue weighted by Crippen LogP contribution is 2.25. The van der Waals surface area contributed by atoms with Crippen molar-refractivity contribution in [3.8, 4) is 0 Å². The Labute approximate surface area is 249 Å². The van der Waals surface area contributed by atoms with E-state index in [1.807, 2.05) is 46.5 Å². The fourth-order valence-corrected chi connectivity index (χ4v) is 6.52. The predicted octanol–water partition coefficient (Wildman–Crippen LogP) is 3.09. The minimum atomic E-state index is -1.03. The monoisotopic (exact) mass is 596 g/mol. The summed E-state index contributed by atoms with van der Waals surface area (Å²) in [5.74, 6) is -0.652. The molecule has 5 rings (SSSR count). The Morgan fingerprint density at radius 1 is 1.29 bits per heavy atom. The number of hydrogen-bond donors (Lipinski definition) is 1. The van der Waals surface area contributed by atoms with Crippen LogP contribution in [-0.2, 0) is 17.8 Å². The quantitative estimate of drug-likeness (QED) is 0.498. The fourth-order valence-electron chi connectivity index (χ4n) is 5.68. The van der Waals surface area contributed by atoms with Crippen LogP contribution < -0.4 is 26.6 Å². The Bertz CT molecular complexity index is 1570. The third-order valence-electron chi connectivity index (χ3n) is 8.01. The molecule has 3 aliphatic rings. The maximum atomic E-state index is 14.5. The summed E-state index contributed by atoms with van der Waals surface area (Å²) in [6, 6.07) is 3.93. The summed E-state index contributed by atoms with van der Waals surface area (Å²) in [5.41, 5.74) is 8.20. The second-order valence-electron chi connectivity index (χ2n) is 10.9. The first-order valence-electron chi connectivity index (χ1n) is 14.2. The van der Waals surface area contributed by atoms with E-state index in [1.54, 1.807) is 25.1 Å². The van der Waals surface area contributed by atoms with Crippen LogP contribution in [0.1, 0.15) is 25.3 Å². The molecule has 11 heteroatoms. The van der Waals surface area contributed by atoms with Gasteiger partial charge in [0.1, 0.15) is 17.9 Å². The molecule has 0 aromatic carbocycles. The van der Waals surface area contributed by atoms with E-state index >= 15 is 0 Å². The number of halogens is 2. The minimum Gasteiger partial charge on any atom is -0.384 e. The second-order valence-corrected chi connectivity index (χ2v) is 11.9. The van der Waals surface area contributed by atoms with Gasteiger partial charge in [-0.2, -0.15) is 0 Å². The maximum absolute atomic E-state index is 14.5. The van der Waals surface area contributed by atoms with E-state index in [4.69, 9.17) is 10.5 Å². The summed E-state index contributed by atoms with van der Waals surface area (Å²) in [6.45, 7) is 4.36. The van der Waals surface area contributed by atoms with Crippen LogP contribution in [0.2, 0.25) is 0 Å². The van der Waals surface area contributed by atoms with Gasteiger partial charge in [-0.3, -0.25) is 9.69 Å².